The van der Waals surface area contributed by atoms with Crippen LogP contribution in [0.25, 0.3) is 0 Å². The van der Waals surface area contributed by atoms with Crippen LogP contribution in [0.3, 0.4) is 0 Å². The number of carbonyl (C=O) groups excluding carboxylic acids is 3. The number of hydrogen-bond donors (Lipinski definition) is 1. The molecule has 3 aliphatic rings. The Labute approximate surface area is 282 Å². The molecule has 0 aromatic heterocycles. The molecular weight excluding hydrogens is 618 g/mol. The Balaban J connectivity index is 1.57. The van der Waals surface area contributed by atoms with Crippen molar-refractivity contribution in [2.75, 3.05) is 42.6 Å². The first kappa shape index (κ1) is 34.7. The molecule has 3 saturated heterocycles. The van der Waals surface area contributed by atoms with Crippen LogP contribution >= 0.6 is 11.6 Å². The number of anilines is 2. The summed E-state index contributed by atoms with van der Waals surface area (Å²) in [5, 5.41) is 9.93. The molecule has 2 aromatic rings. The predicted octanol–water partition coefficient (Wildman–Crippen LogP) is 5.79. The Morgan fingerprint density at radius 3 is 2.17 bits per heavy atom. The van der Waals surface area contributed by atoms with Gasteiger partial charge in [-0.25, -0.2) is 0 Å². The summed E-state index contributed by atoms with van der Waals surface area (Å²) in [6.07, 6.45) is 6.78. The van der Waals surface area contributed by atoms with E-state index in [0.717, 1.165) is 0 Å². The second kappa shape index (κ2) is 14.6. The van der Waals surface area contributed by atoms with Gasteiger partial charge in [0.2, 0.25) is 11.8 Å². The van der Waals surface area contributed by atoms with E-state index in [0.29, 0.717) is 73.8 Å². The van der Waals surface area contributed by atoms with Crippen LogP contribution in [-0.4, -0.2) is 77.8 Å². The van der Waals surface area contributed by atoms with Gasteiger partial charge in [-0.1, -0.05) is 30.7 Å². The van der Waals surface area contributed by atoms with Crippen molar-refractivity contribution >= 4 is 40.7 Å². The lowest BCUT2D eigenvalue weighted by Gasteiger charge is -2.37. The summed E-state index contributed by atoms with van der Waals surface area (Å²) < 4.78 is 12.6. The second-order valence-corrected chi connectivity index (χ2v) is 13.0. The Hall–Kier alpha value is -3.66. The Morgan fingerprint density at radius 1 is 0.979 bits per heavy atom. The number of halogens is 1. The molecule has 0 aliphatic carbocycles. The van der Waals surface area contributed by atoms with Crippen LogP contribution in [0.2, 0.25) is 5.02 Å². The van der Waals surface area contributed by atoms with Crippen LogP contribution in [0.1, 0.15) is 52.4 Å². The summed E-state index contributed by atoms with van der Waals surface area (Å²) in [5.74, 6) is -1.66. The van der Waals surface area contributed by atoms with Crippen molar-refractivity contribution in [2.24, 2.45) is 11.8 Å². The molecule has 9 nitrogen and oxygen atoms in total. The fourth-order valence-electron chi connectivity index (χ4n) is 7.91. The third kappa shape index (κ3) is 6.21. The quantitative estimate of drug-likeness (QED) is 0.180. The van der Waals surface area contributed by atoms with Crippen molar-refractivity contribution in [3.63, 3.8) is 0 Å². The van der Waals surface area contributed by atoms with Gasteiger partial charge in [-0.3, -0.25) is 14.4 Å². The van der Waals surface area contributed by atoms with Gasteiger partial charge >= 0.3 is 0 Å². The van der Waals surface area contributed by atoms with Gasteiger partial charge in [0.1, 0.15) is 17.4 Å². The zero-order valence-electron chi connectivity index (χ0n) is 27.4. The normalized spacial score (nSPS) is 25.8. The molecule has 0 radical (unpaired) electrons. The number of rotatable bonds is 16. The third-order valence-corrected chi connectivity index (χ3v) is 10.2. The molecule has 3 fully saturated rings. The van der Waals surface area contributed by atoms with Gasteiger partial charge in [0.25, 0.3) is 5.91 Å². The first-order chi connectivity index (χ1) is 22.7. The van der Waals surface area contributed by atoms with E-state index < -0.39 is 29.1 Å². The van der Waals surface area contributed by atoms with Crippen molar-refractivity contribution in [2.45, 2.75) is 69.6 Å². The minimum Gasteiger partial charge on any atom is -0.494 e. The van der Waals surface area contributed by atoms with Gasteiger partial charge in [0.05, 0.1) is 24.0 Å². The van der Waals surface area contributed by atoms with Crippen LogP contribution < -0.4 is 14.5 Å². The maximum Gasteiger partial charge on any atom is 0.253 e. The fraction of sp³-hybridized carbons (Fsp3) is 0.486. The maximum atomic E-state index is 14.8. The molecule has 252 valence electrons. The van der Waals surface area contributed by atoms with E-state index in [1.54, 1.807) is 51.1 Å². The zero-order chi connectivity index (χ0) is 33.8. The van der Waals surface area contributed by atoms with Crippen molar-refractivity contribution in [3.05, 3.63) is 78.9 Å². The van der Waals surface area contributed by atoms with Crippen LogP contribution in [0.15, 0.2) is 73.8 Å². The third-order valence-electron chi connectivity index (χ3n) is 9.99. The fourth-order valence-corrected chi connectivity index (χ4v) is 8.04. The van der Waals surface area contributed by atoms with Gasteiger partial charge in [-0.15, -0.1) is 13.2 Å². The lowest BCUT2D eigenvalue weighted by atomic mass is 9.64. The van der Waals surface area contributed by atoms with Crippen LogP contribution in [0, 0.1) is 11.8 Å². The standard InChI is InChI=1S/C37H46ClN3O6/c1-5-22-39(28-16-18-29(19-17-28)46-8-4)33(43)30-31-34(44)41(24-10-9-11-25-42)32(37(31)21-20-36(30,7-3)47-37)35(45)40(23-6-2)27-14-12-26(38)13-15-27/h5-6,12-19,30-32,42H,1-2,7-11,20-25H2,3-4H3/t30-,31-,32?,36+,37?/m0/s1. The van der Waals surface area contributed by atoms with Crippen molar-refractivity contribution in [1.82, 2.24) is 4.90 Å². The number of carbonyl (C=O) groups is 3. The molecule has 5 atom stereocenters. The number of ether oxygens (including phenoxy) is 2. The summed E-state index contributed by atoms with van der Waals surface area (Å²) in [4.78, 5) is 49.2. The molecule has 1 N–H and O–H groups in total. The van der Waals surface area contributed by atoms with Gasteiger partial charge < -0.3 is 29.3 Å². The smallest absolute Gasteiger partial charge is 0.253 e. The zero-order valence-corrected chi connectivity index (χ0v) is 28.2. The number of fused-ring (bicyclic) bond motifs is 1. The molecule has 10 heteroatoms. The average molecular weight is 664 g/mol. The highest BCUT2D eigenvalue weighted by Crippen LogP contribution is 2.65. The molecule has 2 unspecified atom stereocenters. The summed E-state index contributed by atoms with van der Waals surface area (Å²) in [6, 6.07) is 13.4. The number of unbranched alkanes of at least 4 members (excludes halogenated alkanes) is 2. The highest BCUT2D eigenvalue weighted by Gasteiger charge is 2.79. The van der Waals surface area contributed by atoms with Gasteiger partial charge in [-0.2, -0.15) is 0 Å². The first-order valence-corrected chi connectivity index (χ1v) is 17.0. The molecule has 5 rings (SSSR count). The highest BCUT2D eigenvalue weighted by molar-refractivity contribution is 6.30. The largest absolute Gasteiger partial charge is 0.494 e. The number of nitrogens with zero attached hydrogens (tertiary/aromatic N) is 3. The Kier molecular flexibility index (Phi) is 10.8. The van der Waals surface area contributed by atoms with E-state index >= 15 is 0 Å². The average Bonchev–Trinajstić information content (AvgIpc) is 3.68. The van der Waals surface area contributed by atoms with E-state index in [1.807, 2.05) is 38.1 Å². The SMILES string of the molecule is C=CCN(C(=O)C1N(CCCCCO)C(=O)[C@@H]2[C@@H](C(=O)N(CC=C)c3ccc(OCC)cc3)[C@@]3(CC)CCC12O3)c1ccc(Cl)cc1. The number of aliphatic hydroxyl groups is 1. The summed E-state index contributed by atoms with van der Waals surface area (Å²) in [7, 11) is 0. The molecule has 0 saturated carbocycles. The van der Waals surface area contributed by atoms with Gasteiger partial charge in [-0.05, 0) is 94.0 Å². The van der Waals surface area contributed by atoms with Crippen LogP contribution in [-0.2, 0) is 19.1 Å². The minimum absolute atomic E-state index is 0.0515. The highest BCUT2D eigenvalue weighted by atomic mass is 35.5. The lowest BCUT2D eigenvalue weighted by molar-refractivity contribution is -0.146. The van der Waals surface area contributed by atoms with E-state index in [2.05, 4.69) is 13.2 Å². The van der Waals surface area contributed by atoms with Gasteiger partial charge in [0.15, 0.2) is 0 Å². The molecule has 3 heterocycles. The van der Waals surface area contributed by atoms with Crippen LogP contribution in [0.4, 0.5) is 11.4 Å². The monoisotopic (exact) mass is 663 g/mol. The van der Waals surface area contributed by atoms with Crippen molar-refractivity contribution in [1.29, 1.82) is 0 Å². The van der Waals surface area contributed by atoms with E-state index in [-0.39, 0.29) is 37.4 Å². The molecular formula is C37H46ClN3O6. The van der Waals surface area contributed by atoms with E-state index in [1.165, 1.54) is 0 Å². The number of hydrogen-bond acceptors (Lipinski definition) is 6. The summed E-state index contributed by atoms with van der Waals surface area (Å²) in [6.45, 7) is 13.0. The number of likely N-dealkylation sites (tertiary alicyclic amines) is 1. The molecule has 3 aliphatic heterocycles. The van der Waals surface area contributed by atoms with Gasteiger partial charge in [0, 0.05) is 42.6 Å². The van der Waals surface area contributed by atoms with Crippen molar-refractivity contribution in [3.8, 4) is 5.75 Å². The minimum atomic E-state index is -1.17. The second-order valence-electron chi connectivity index (χ2n) is 12.5. The molecule has 47 heavy (non-hydrogen) atoms. The number of amides is 3. The molecule has 1 spiro atoms. The topological polar surface area (TPSA) is 99.6 Å². The van der Waals surface area contributed by atoms with Crippen molar-refractivity contribution < 1.29 is 29.0 Å². The van der Waals surface area contributed by atoms with E-state index in [9.17, 15) is 19.5 Å². The number of benzene rings is 2. The molecule has 3 amide bonds. The first-order valence-electron chi connectivity index (χ1n) is 16.7. The maximum absolute atomic E-state index is 14.8. The Morgan fingerprint density at radius 2 is 1.60 bits per heavy atom. The summed E-state index contributed by atoms with van der Waals surface area (Å²) in [5.41, 5.74) is -0.774. The summed E-state index contributed by atoms with van der Waals surface area (Å²) >= 11 is 6.18. The lowest BCUT2D eigenvalue weighted by Crippen LogP contribution is -2.56. The molecule has 2 aromatic carbocycles. The Bertz CT molecular complexity index is 1470. The molecule has 2 bridgehead atoms. The van der Waals surface area contributed by atoms with E-state index in [4.69, 9.17) is 21.1 Å². The van der Waals surface area contributed by atoms with Crippen LogP contribution in [0.5, 0.6) is 5.75 Å². The predicted molar refractivity (Wildman–Crippen MR) is 184 cm³/mol. The number of aliphatic hydroxyl groups excluding tert-OH is 1.